The Morgan fingerprint density at radius 3 is 2.62 bits per heavy atom. The van der Waals surface area contributed by atoms with Crippen LogP contribution in [-0.4, -0.2) is 20.9 Å². The minimum atomic E-state index is -0.238. The molecule has 0 spiro atoms. The quantitative estimate of drug-likeness (QED) is 0.908. The van der Waals surface area contributed by atoms with E-state index in [-0.39, 0.29) is 17.4 Å². The molecule has 6 nitrogen and oxygen atoms in total. The number of thiazole rings is 1. The molecule has 0 saturated heterocycles. The summed E-state index contributed by atoms with van der Waals surface area (Å²) in [6, 6.07) is 1.61. The number of carbonyl (C=O) groups is 1. The van der Waals surface area contributed by atoms with E-state index in [1.807, 2.05) is 6.92 Å². The molecular weight excluding hydrogens is 286 g/mol. The topological polar surface area (TPSA) is 93.8 Å². The molecule has 2 rings (SSSR count). The Kier molecular flexibility index (Phi) is 4.34. The third-order valence-electron chi connectivity index (χ3n) is 2.81. The molecule has 0 aliphatic heterocycles. The summed E-state index contributed by atoms with van der Waals surface area (Å²) in [6.45, 7) is 8.00. The van der Waals surface area contributed by atoms with Crippen molar-refractivity contribution in [1.29, 1.82) is 0 Å². The van der Waals surface area contributed by atoms with Gasteiger partial charge >= 0.3 is 0 Å². The lowest BCUT2D eigenvalue weighted by atomic mass is 9.92. The molecule has 0 radical (unpaired) electrons. The van der Waals surface area contributed by atoms with Gasteiger partial charge in [0.15, 0.2) is 0 Å². The maximum absolute atomic E-state index is 12.2. The highest BCUT2D eigenvalue weighted by Crippen LogP contribution is 2.22. The number of nitrogens with zero attached hydrogens (tertiary/aromatic N) is 3. The SMILES string of the molecule is CC(N)c1ncc(C(=O)Nc2cc(C(C)(C)C)ncn2)s1. The Hall–Kier alpha value is -1.86. The van der Waals surface area contributed by atoms with Crippen LogP contribution in [-0.2, 0) is 5.41 Å². The van der Waals surface area contributed by atoms with Crippen LogP contribution in [0.3, 0.4) is 0 Å². The second kappa shape index (κ2) is 5.87. The molecule has 2 aromatic heterocycles. The minimum absolute atomic E-state index is 0.102. The Balaban J connectivity index is 2.15. The molecule has 7 heteroatoms. The van der Waals surface area contributed by atoms with Crippen molar-refractivity contribution in [3.05, 3.63) is 34.2 Å². The van der Waals surface area contributed by atoms with Gasteiger partial charge < -0.3 is 11.1 Å². The van der Waals surface area contributed by atoms with Crippen molar-refractivity contribution in [3.8, 4) is 0 Å². The third-order valence-corrected chi connectivity index (χ3v) is 4.01. The van der Waals surface area contributed by atoms with Gasteiger partial charge in [-0.15, -0.1) is 11.3 Å². The van der Waals surface area contributed by atoms with Crippen LogP contribution >= 0.6 is 11.3 Å². The van der Waals surface area contributed by atoms with Gasteiger partial charge in [-0.25, -0.2) is 15.0 Å². The first kappa shape index (κ1) is 15.5. The van der Waals surface area contributed by atoms with Crippen LogP contribution in [0.2, 0.25) is 0 Å². The number of carbonyl (C=O) groups excluding carboxylic acids is 1. The monoisotopic (exact) mass is 305 g/mol. The van der Waals surface area contributed by atoms with Crippen molar-refractivity contribution in [3.63, 3.8) is 0 Å². The van der Waals surface area contributed by atoms with Crippen LogP contribution in [0.1, 0.15) is 54.1 Å². The highest BCUT2D eigenvalue weighted by Gasteiger charge is 2.18. The zero-order valence-electron chi connectivity index (χ0n) is 12.5. The molecule has 0 fully saturated rings. The lowest BCUT2D eigenvalue weighted by Crippen LogP contribution is -2.16. The first-order valence-corrected chi connectivity index (χ1v) is 7.44. The second-order valence-electron chi connectivity index (χ2n) is 5.84. The Bertz CT molecular complexity index is 645. The van der Waals surface area contributed by atoms with E-state index >= 15 is 0 Å². The highest BCUT2D eigenvalue weighted by atomic mass is 32.1. The molecule has 2 heterocycles. The van der Waals surface area contributed by atoms with Crippen molar-refractivity contribution in [2.75, 3.05) is 5.32 Å². The molecule has 0 bridgehead atoms. The summed E-state index contributed by atoms with van der Waals surface area (Å²) in [5, 5.41) is 3.50. The summed E-state index contributed by atoms with van der Waals surface area (Å²) in [5.74, 6) is 0.244. The lowest BCUT2D eigenvalue weighted by Gasteiger charge is -2.17. The predicted octanol–water partition coefficient (Wildman–Crippen LogP) is 2.50. The number of amides is 1. The summed E-state index contributed by atoms with van der Waals surface area (Å²) in [6.07, 6.45) is 2.99. The van der Waals surface area contributed by atoms with E-state index in [2.05, 4.69) is 41.0 Å². The van der Waals surface area contributed by atoms with Crippen LogP contribution in [0.5, 0.6) is 0 Å². The van der Waals surface area contributed by atoms with Crippen molar-refractivity contribution < 1.29 is 4.79 Å². The van der Waals surface area contributed by atoms with Gasteiger partial charge in [-0.1, -0.05) is 20.8 Å². The number of aromatic nitrogens is 3. The van der Waals surface area contributed by atoms with Gasteiger partial charge in [-0.2, -0.15) is 0 Å². The van der Waals surface area contributed by atoms with E-state index in [0.717, 1.165) is 10.7 Å². The third kappa shape index (κ3) is 3.83. The standard InChI is InChI=1S/C14H19N5OS/c1-8(15)13-16-6-9(21-13)12(20)19-11-5-10(14(2,3)4)17-7-18-11/h5-8H,15H2,1-4H3,(H,17,18,19,20). The van der Waals surface area contributed by atoms with Gasteiger partial charge in [-0.3, -0.25) is 4.79 Å². The number of nitrogens with two attached hydrogens (primary N) is 1. The molecule has 112 valence electrons. The highest BCUT2D eigenvalue weighted by molar-refractivity contribution is 7.13. The van der Waals surface area contributed by atoms with Crippen molar-refractivity contribution in [1.82, 2.24) is 15.0 Å². The first-order chi connectivity index (χ1) is 9.77. The molecule has 3 N–H and O–H groups in total. The Labute approximate surface area is 127 Å². The summed E-state index contributed by atoms with van der Waals surface area (Å²) < 4.78 is 0. The Morgan fingerprint density at radius 1 is 1.33 bits per heavy atom. The van der Waals surface area contributed by atoms with Gasteiger partial charge in [0.1, 0.15) is 22.0 Å². The van der Waals surface area contributed by atoms with Gasteiger partial charge in [0.2, 0.25) is 0 Å². The molecule has 1 atom stereocenters. The summed E-state index contributed by atoms with van der Waals surface area (Å²) >= 11 is 1.29. The molecule has 2 aromatic rings. The van der Waals surface area contributed by atoms with Crippen LogP contribution < -0.4 is 11.1 Å². The molecule has 21 heavy (non-hydrogen) atoms. The number of hydrogen-bond acceptors (Lipinski definition) is 6. The van der Waals surface area contributed by atoms with Gasteiger partial charge in [0, 0.05) is 11.5 Å². The average Bonchev–Trinajstić information content (AvgIpc) is 2.88. The van der Waals surface area contributed by atoms with Gasteiger partial charge in [0.05, 0.1) is 17.9 Å². The molecule has 1 unspecified atom stereocenters. The van der Waals surface area contributed by atoms with E-state index in [1.165, 1.54) is 23.9 Å². The minimum Gasteiger partial charge on any atom is -0.322 e. The fourth-order valence-electron chi connectivity index (χ4n) is 1.62. The van der Waals surface area contributed by atoms with Crippen LogP contribution in [0.4, 0.5) is 5.82 Å². The van der Waals surface area contributed by atoms with E-state index in [0.29, 0.717) is 10.7 Å². The maximum Gasteiger partial charge on any atom is 0.268 e. The fraction of sp³-hybridized carbons (Fsp3) is 0.429. The molecular formula is C14H19N5OS. The second-order valence-corrected chi connectivity index (χ2v) is 6.91. The van der Waals surface area contributed by atoms with E-state index < -0.39 is 0 Å². The van der Waals surface area contributed by atoms with Crippen LogP contribution in [0.25, 0.3) is 0 Å². The Morgan fingerprint density at radius 2 is 2.05 bits per heavy atom. The van der Waals surface area contributed by atoms with Gasteiger partial charge in [0.25, 0.3) is 5.91 Å². The van der Waals surface area contributed by atoms with Crippen molar-refractivity contribution in [2.24, 2.45) is 5.73 Å². The zero-order valence-corrected chi connectivity index (χ0v) is 13.4. The zero-order chi connectivity index (χ0) is 15.6. The lowest BCUT2D eigenvalue weighted by molar-refractivity contribution is 0.103. The largest absolute Gasteiger partial charge is 0.322 e. The maximum atomic E-state index is 12.2. The predicted molar refractivity (Wildman–Crippen MR) is 83.4 cm³/mol. The molecule has 0 saturated carbocycles. The van der Waals surface area contributed by atoms with E-state index in [4.69, 9.17) is 5.73 Å². The van der Waals surface area contributed by atoms with Crippen LogP contribution in [0, 0.1) is 0 Å². The van der Waals surface area contributed by atoms with Crippen LogP contribution in [0.15, 0.2) is 18.6 Å². The average molecular weight is 305 g/mol. The molecule has 1 amide bonds. The van der Waals surface area contributed by atoms with Crippen molar-refractivity contribution >= 4 is 23.1 Å². The molecule has 0 aliphatic rings. The van der Waals surface area contributed by atoms with E-state index in [9.17, 15) is 4.79 Å². The molecule has 0 aliphatic carbocycles. The summed E-state index contributed by atoms with van der Waals surface area (Å²) in [5.41, 5.74) is 6.51. The first-order valence-electron chi connectivity index (χ1n) is 6.62. The molecule has 0 aromatic carbocycles. The number of anilines is 1. The summed E-state index contributed by atoms with van der Waals surface area (Å²) in [7, 11) is 0. The normalized spacial score (nSPS) is 13.0. The fourth-order valence-corrected chi connectivity index (χ4v) is 2.38. The smallest absolute Gasteiger partial charge is 0.268 e. The number of nitrogens with one attached hydrogen (secondary N) is 1. The van der Waals surface area contributed by atoms with Crippen molar-refractivity contribution in [2.45, 2.75) is 39.2 Å². The number of rotatable bonds is 3. The van der Waals surface area contributed by atoms with E-state index in [1.54, 1.807) is 6.07 Å². The summed E-state index contributed by atoms with van der Waals surface area (Å²) in [4.78, 5) is 25.1. The number of hydrogen-bond donors (Lipinski definition) is 2. The van der Waals surface area contributed by atoms with Gasteiger partial charge in [-0.05, 0) is 6.92 Å².